The lowest BCUT2D eigenvalue weighted by atomic mass is 9.92. The first-order valence-electron chi connectivity index (χ1n) is 11.3. The van der Waals surface area contributed by atoms with Crippen molar-refractivity contribution in [1.29, 1.82) is 0 Å². The molecule has 1 atom stereocenters. The normalized spacial score (nSPS) is 15.6. The largest absolute Gasteiger partial charge is 0.369 e. The van der Waals surface area contributed by atoms with E-state index in [0.29, 0.717) is 33.5 Å². The summed E-state index contributed by atoms with van der Waals surface area (Å²) in [5.41, 5.74) is 9.94. The smallest absolute Gasteiger partial charge is 0.231 e. The number of aromatic nitrogens is 1. The van der Waals surface area contributed by atoms with Crippen LogP contribution < -0.4 is 11.1 Å². The van der Waals surface area contributed by atoms with Crippen molar-refractivity contribution in [3.8, 4) is 11.3 Å². The zero-order chi connectivity index (χ0) is 24.2. The Hall–Kier alpha value is -2.51. The SMILES string of the molecule is Cc1cc(F)ccc1-c1cc(CN2CCCNCC2)cc(C(C(N)=O)c2c(Cl)cccc2Cl)n1. The number of benzene rings is 2. The van der Waals surface area contributed by atoms with E-state index in [0.717, 1.165) is 49.3 Å². The summed E-state index contributed by atoms with van der Waals surface area (Å²) in [5, 5.41) is 4.11. The van der Waals surface area contributed by atoms with E-state index in [1.54, 1.807) is 24.3 Å². The van der Waals surface area contributed by atoms with Crippen LogP contribution in [0.15, 0.2) is 48.5 Å². The van der Waals surface area contributed by atoms with Crippen LogP contribution in [0.5, 0.6) is 0 Å². The van der Waals surface area contributed by atoms with E-state index in [9.17, 15) is 9.18 Å². The second-order valence-electron chi connectivity index (χ2n) is 8.60. The highest BCUT2D eigenvalue weighted by atomic mass is 35.5. The summed E-state index contributed by atoms with van der Waals surface area (Å²) in [4.78, 5) is 19.9. The molecule has 0 radical (unpaired) electrons. The number of nitrogens with two attached hydrogens (primary N) is 1. The molecule has 2 aromatic carbocycles. The number of hydrogen-bond donors (Lipinski definition) is 2. The molecule has 0 aliphatic carbocycles. The van der Waals surface area contributed by atoms with Crippen LogP contribution in [0.2, 0.25) is 10.0 Å². The molecule has 1 aliphatic heterocycles. The molecule has 1 aromatic heterocycles. The number of amides is 1. The molecule has 5 nitrogen and oxygen atoms in total. The van der Waals surface area contributed by atoms with Crippen LogP contribution in [0, 0.1) is 12.7 Å². The molecule has 3 N–H and O–H groups in total. The number of halogens is 3. The Balaban J connectivity index is 1.85. The molecule has 0 bridgehead atoms. The van der Waals surface area contributed by atoms with Crippen molar-refractivity contribution in [2.45, 2.75) is 25.8 Å². The maximum Gasteiger partial charge on any atom is 0.231 e. The first-order valence-corrected chi connectivity index (χ1v) is 12.0. The predicted molar refractivity (Wildman–Crippen MR) is 135 cm³/mol. The van der Waals surface area contributed by atoms with Gasteiger partial charge in [-0.05, 0) is 80.0 Å². The molecule has 1 saturated heterocycles. The molecule has 0 saturated carbocycles. The maximum atomic E-state index is 13.8. The number of carbonyl (C=O) groups is 1. The van der Waals surface area contributed by atoms with Crippen LogP contribution in [0.1, 0.15) is 34.7 Å². The van der Waals surface area contributed by atoms with Crippen molar-refractivity contribution in [2.24, 2.45) is 5.73 Å². The molecule has 0 spiro atoms. The molecule has 8 heteroatoms. The summed E-state index contributed by atoms with van der Waals surface area (Å²) < 4.78 is 13.8. The number of rotatable bonds is 6. The highest BCUT2D eigenvalue weighted by Gasteiger charge is 2.28. The Kier molecular flexibility index (Phi) is 7.84. The second-order valence-corrected chi connectivity index (χ2v) is 9.41. The van der Waals surface area contributed by atoms with E-state index in [2.05, 4.69) is 10.2 Å². The topological polar surface area (TPSA) is 71.2 Å². The van der Waals surface area contributed by atoms with Gasteiger partial charge in [0.05, 0.1) is 11.4 Å². The molecule has 178 valence electrons. The molecular formula is C26H27Cl2FN4O. The zero-order valence-electron chi connectivity index (χ0n) is 19.0. The molecule has 1 amide bonds. The number of nitrogens with one attached hydrogen (secondary N) is 1. The molecule has 1 fully saturated rings. The van der Waals surface area contributed by atoms with Crippen LogP contribution >= 0.6 is 23.2 Å². The summed E-state index contributed by atoms with van der Waals surface area (Å²) >= 11 is 12.9. The quantitative estimate of drug-likeness (QED) is 0.504. The lowest BCUT2D eigenvalue weighted by Crippen LogP contribution is -2.28. The van der Waals surface area contributed by atoms with Crippen molar-refractivity contribution >= 4 is 29.1 Å². The van der Waals surface area contributed by atoms with Gasteiger partial charge in [0.1, 0.15) is 11.7 Å². The van der Waals surface area contributed by atoms with E-state index < -0.39 is 11.8 Å². The minimum Gasteiger partial charge on any atom is -0.369 e. The van der Waals surface area contributed by atoms with E-state index in [-0.39, 0.29) is 5.82 Å². The van der Waals surface area contributed by atoms with Gasteiger partial charge in [0, 0.05) is 40.8 Å². The van der Waals surface area contributed by atoms with Crippen molar-refractivity contribution in [3.63, 3.8) is 0 Å². The fourth-order valence-electron chi connectivity index (χ4n) is 4.44. The lowest BCUT2D eigenvalue weighted by molar-refractivity contribution is -0.118. The molecule has 2 heterocycles. The van der Waals surface area contributed by atoms with Crippen LogP contribution in [-0.2, 0) is 11.3 Å². The molecule has 4 rings (SSSR count). The summed E-state index contributed by atoms with van der Waals surface area (Å²) in [5.74, 6) is -1.83. The van der Waals surface area contributed by atoms with E-state index in [1.807, 2.05) is 19.1 Å². The van der Waals surface area contributed by atoms with Gasteiger partial charge in [0.15, 0.2) is 0 Å². The third-order valence-electron chi connectivity index (χ3n) is 6.08. The minimum absolute atomic E-state index is 0.312. The number of hydrogen-bond acceptors (Lipinski definition) is 4. The first-order chi connectivity index (χ1) is 16.3. The number of nitrogens with zero attached hydrogens (tertiary/aromatic N) is 2. The average Bonchev–Trinajstić information content (AvgIpc) is 3.04. The third kappa shape index (κ3) is 5.58. The van der Waals surface area contributed by atoms with Gasteiger partial charge in [-0.1, -0.05) is 29.3 Å². The van der Waals surface area contributed by atoms with Gasteiger partial charge in [-0.15, -0.1) is 0 Å². The highest BCUT2D eigenvalue weighted by Crippen LogP contribution is 2.36. The number of carbonyl (C=O) groups excluding carboxylic acids is 1. The van der Waals surface area contributed by atoms with Gasteiger partial charge < -0.3 is 11.1 Å². The van der Waals surface area contributed by atoms with Gasteiger partial charge in [0.2, 0.25) is 5.91 Å². The number of pyridine rings is 1. The fourth-order valence-corrected chi connectivity index (χ4v) is 5.06. The Morgan fingerprint density at radius 3 is 2.62 bits per heavy atom. The van der Waals surface area contributed by atoms with Gasteiger partial charge in [0.25, 0.3) is 0 Å². The summed E-state index contributed by atoms with van der Waals surface area (Å²) in [7, 11) is 0. The minimum atomic E-state index is -0.925. The molecule has 1 unspecified atom stereocenters. The predicted octanol–water partition coefficient (Wildman–Crippen LogP) is 4.92. The fraction of sp³-hybridized carbons (Fsp3) is 0.308. The van der Waals surface area contributed by atoms with E-state index >= 15 is 0 Å². The summed E-state index contributed by atoms with van der Waals surface area (Å²) in [6, 6.07) is 13.6. The summed E-state index contributed by atoms with van der Waals surface area (Å²) in [6.45, 7) is 6.31. The van der Waals surface area contributed by atoms with Gasteiger partial charge in [-0.25, -0.2) is 4.39 Å². The Bertz CT molecular complexity index is 1180. The third-order valence-corrected chi connectivity index (χ3v) is 6.74. The maximum absolute atomic E-state index is 13.8. The van der Waals surface area contributed by atoms with Crippen molar-refractivity contribution < 1.29 is 9.18 Å². The van der Waals surface area contributed by atoms with E-state index in [1.165, 1.54) is 12.1 Å². The Morgan fingerprint density at radius 1 is 1.15 bits per heavy atom. The Labute approximate surface area is 209 Å². The molecule has 3 aromatic rings. The Morgan fingerprint density at radius 2 is 1.91 bits per heavy atom. The van der Waals surface area contributed by atoms with Crippen molar-refractivity contribution in [3.05, 3.63) is 86.8 Å². The molecule has 1 aliphatic rings. The van der Waals surface area contributed by atoms with Gasteiger partial charge in [-0.3, -0.25) is 14.7 Å². The van der Waals surface area contributed by atoms with Crippen molar-refractivity contribution in [1.82, 2.24) is 15.2 Å². The monoisotopic (exact) mass is 500 g/mol. The molecular weight excluding hydrogens is 474 g/mol. The van der Waals surface area contributed by atoms with Crippen LogP contribution in [0.25, 0.3) is 11.3 Å². The number of primary amides is 1. The van der Waals surface area contributed by atoms with E-state index in [4.69, 9.17) is 33.9 Å². The zero-order valence-corrected chi connectivity index (χ0v) is 20.5. The van der Waals surface area contributed by atoms with Crippen LogP contribution in [-0.4, -0.2) is 42.0 Å². The second kappa shape index (κ2) is 10.8. The first kappa shape index (κ1) is 24.6. The van der Waals surface area contributed by atoms with Crippen molar-refractivity contribution in [2.75, 3.05) is 26.2 Å². The van der Waals surface area contributed by atoms with Crippen LogP contribution in [0.3, 0.4) is 0 Å². The number of aryl methyl sites for hydroxylation is 1. The highest BCUT2D eigenvalue weighted by molar-refractivity contribution is 6.36. The van der Waals surface area contributed by atoms with Crippen LogP contribution in [0.4, 0.5) is 4.39 Å². The lowest BCUT2D eigenvalue weighted by Gasteiger charge is -2.22. The molecule has 34 heavy (non-hydrogen) atoms. The summed E-state index contributed by atoms with van der Waals surface area (Å²) in [6.07, 6.45) is 1.06. The van der Waals surface area contributed by atoms with Gasteiger partial charge >= 0.3 is 0 Å². The van der Waals surface area contributed by atoms with Gasteiger partial charge in [-0.2, -0.15) is 0 Å². The average molecular weight is 501 g/mol. The standard InChI is InChI=1S/C26H27Cl2FN4O/c1-16-12-18(29)6-7-19(16)22-13-17(15-33-10-3-8-31-9-11-33)14-23(32-22)25(26(30)34)24-20(27)4-2-5-21(24)28/h2,4-7,12-14,25,31H,3,8-11,15H2,1H3,(H2,30,34).